The molecule has 2 fully saturated rings. The van der Waals surface area contributed by atoms with E-state index >= 15 is 0 Å². The monoisotopic (exact) mass is 181 g/mol. The standard InChI is InChI=1S/C11H19NO/c1-3-10(5-7-12-6-1)9-11-4-2-8-13-11/h9,11-12H,1-8H2/b10-9-. The summed E-state index contributed by atoms with van der Waals surface area (Å²) in [5.74, 6) is 0. The van der Waals surface area contributed by atoms with Crippen LogP contribution in [0.1, 0.15) is 32.1 Å². The SMILES string of the molecule is C(=C1\CCCNCC1)/C1CCCO1. The molecule has 2 nitrogen and oxygen atoms in total. The third-order valence-corrected chi connectivity index (χ3v) is 2.86. The maximum Gasteiger partial charge on any atom is 0.0759 e. The van der Waals surface area contributed by atoms with Crippen LogP contribution in [0, 0.1) is 0 Å². The summed E-state index contributed by atoms with van der Waals surface area (Å²) in [5, 5.41) is 3.42. The van der Waals surface area contributed by atoms with Crippen LogP contribution in [0.4, 0.5) is 0 Å². The first-order valence-corrected chi connectivity index (χ1v) is 5.47. The lowest BCUT2D eigenvalue weighted by atomic mass is 10.1. The van der Waals surface area contributed by atoms with Crippen LogP contribution in [0.15, 0.2) is 11.6 Å². The topological polar surface area (TPSA) is 21.3 Å². The van der Waals surface area contributed by atoms with Gasteiger partial charge in [0.15, 0.2) is 0 Å². The Labute approximate surface area is 80.4 Å². The molecule has 0 radical (unpaired) electrons. The summed E-state index contributed by atoms with van der Waals surface area (Å²) in [6.45, 7) is 3.30. The van der Waals surface area contributed by atoms with Crippen molar-refractivity contribution in [3.8, 4) is 0 Å². The van der Waals surface area contributed by atoms with Crippen LogP contribution < -0.4 is 5.32 Å². The molecule has 0 aromatic carbocycles. The van der Waals surface area contributed by atoms with Crippen LogP contribution in [0.5, 0.6) is 0 Å². The molecule has 2 saturated heterocycles. The van der Waals surface area contributed by atoms with E-state index in [0.29, 0.717) is 6.10 Å². The van der Waals surface area contributed by atoms with Crippen molar-refractivity contribution in [2.45, 2.75) is 38.2 Å². The molecule has 0 aromatic rings. The number of nitrogens with one attached hydrogen (secondary N) is 1. The van der Waals surface area contributed by atoms with Crippen molar-refractivity contribution in [3.63, 3.8) is 0 Å². The number of hydrogen-bond donors (Lipinski definition) is 1. The second kappa shape index (κ2) is 4.77. The summed E-state index contributed by atoms with van der Waals surface area (Å²) < 4.78 is 5.60. The van der Waals surface area contributed by atoms with Crippen molar-refractivity contribution < 1.29 is 4.74 Å². The summed E-state index contributed by atoms with van der Waals surface area (Å²) >= 11 is 0. The maximum atomic E-state index is 5.60. The second-order valence-corrected chi connectivity index (χ2v) is 3.98. The van der Waals surface area contributed by atoms with Gasteiger partial charge in [-0.3, -0.25) is 0 Å². The van der Waals surface area contributed by atoms with Crippen LogP contribution in [-0.2, 0) is 4.74 Å². The molecule has 2 heterocycles. The normalized spacial score (nSPS) is 33.5. The highest BCUT2D eigenvalue weighted by Gasteiger charge is 2.14. The van der Waals surface area contributed by atoms with Crippen LogP contribution >= 0.6 is 0 Å². The second-order valence-electron chi connectivity index (χ2n) is 3.98. The van der Waals surface area contributed by atoms with Gasteiger partial charge in [0.05, 0.1) is 6.10 Å². The largest absolute Gasteiger partial charge is 0.374 e. The summed E-state index contributed by atoms with van der Waals surface area (Å²) in [7, 11) is 0. The van der Waals surface area contributed by atoms with Crippen LogP contribution in [0.25, 0.3) is 0 Å². The highest BCUT2D eigenvalue weighted by atomic mass is 16.5. The lowest BCUT2D eigenvalue weighted by molar-refractivity contribution is 0.145. The molecule has 0 amide bonds. The number of rotatable bonds is 1. The average molecular weight is 181 g/mol. The van der Waals surface area contributed by atoms with Gasteiger partial charge in [-0.15, -0.1) is 0 Å². The Balaban J connectivity index is 1.88. The zero-order chi connectivity index (χ0) is 8.93. The molecule has 0 aromatic heterocycles. The third kappa shape index (κ3) is 2.82. The van der Waals surface area contributed by atoms with Gasteiger partial charge >= 0.3 is 0 Å². The molecule has 0 spiro atoms. The van der Waals surface area contributed by atoms with E-state index in [0.717, 1.165) is 13.2 Å². The highest BCUT2D eigenvalue weighted by Crippen LogP contribution is 2.19. The summed E-state index contributed by atoms with van der Waals surface area (Å²) in [6.07, 6.45) is 9.07. The summed E-state index contributed by atoms with van der Waals surface area (Å²) in [4.78, 5) is 0. The Morgan fingerprint density at radius 2 is 2.23 bits per heavy atom. The van der Waals surface area contributed by atoms with Crippen molar-refractivity contribution in [2.75, 3.05) is 19.7 Å². The fourth-order valence-corrected chi connectivity index (χ4v) is 2.10. The fraction of sp³-hybridized carbons (Fsp3) is 0.818. The molecule has 0 bridgehead atoms. The molecule has 2 rings (SSSR count). The van der Waals surface area contributed by atoms with Gasteiger partial charge in [0.2, 0.25) is 0 Å². The molecular formula is C11H19NO. The molecule has 2 aliphatic rings. The average Bonchev–Trinajstić information content (AvgIpc) is 2.49. The molecule has 1 unspecified atom stereocenters. The van der Waals surface area contributed by atoms with E-state index in [9.17, 15) is 0 Å². The van der Waals surface area contributed by atoms with E-state index < -0.39 is 0 Å². The first-order chi connectivity index (χ1) is 6.45. The Bertz CT molecular complexity index is 173. The molecule has 1 atom stereocenters. The first-order valence-electron chi connectivity index (χ1n) is 5.47. The van der Waals surface area contributed by atoms with Gasteiger partial charge in [-0.1, -0.05) is 11.6 Å². The number of ether oxygens (including phenoxy) is 1. The molecule has 1 N–H and O–H groups in total. The van der Waals surface area contributed by atoms with Gasteiger partial charge in [0.25, 0.3) is 0 Å². The zero-order valence-electron chi connectivity index (χ0n) is 8.22. The van der Waals surface area contributed by atoms with Gasteiger partial charge in [-0.25, -0.2) is 0 Å². The summed E-state index contributed by atoms with van der Waals surface area (Å²) in [6, 6.07) is 0. The van der Waals surface area contributed by atoms with Crippen LogP contribution in [0.3, 0.4) is 0 Å². The predicted octanol–water partition coefficient (Wildman–Crippen LogP) is 1.87. The van der Waals surface area contributed by atoms with E-state index in [1.54, 1.807) is 5.57 Å². The van der Waals surface area contributed by atoms with Crippen molar-refractivity contribution in [1.29, 1.82) is 0 Å². The van der Waals surface area contributed by atoms with Crippen molar-refractivity contribution in [3.05, 3.63) is 11.6 Å². The lowest BCUT2D eigenvalue weighted by Crippen LogP contribution is -2.13. The van der Waals surface area contributed by atoms with Crippen LogP contribution in [-0.4, -0.2) is 25.8 Å². The first kappa shape index (κ1) is 9.22. The van der Waals surface area contributed by atoms with Crippen LogP contribution in [0.2, 0.25) is 0 Å². The molecule has 2 aliphatic heterocycles. The molecular weight excluding hydrogens is 162 g/mol. The van der Waals surface area contributed by atoms with Crippen molar-refractivity contribution in [1.82, 2.24) is 5.32 Å². The predicted molar refractivity (Wildman–Crippen MR) is 53.8 cm³/mol. The maximum absolute atomic E-state index is 5.60. The molecule has 2 heteroatoms. The van der Waals surface area contributed by atoms with Gasteiger partial charge in [-0.05, 0) is 45.2 Å². The van der Waals surface area contributed by atoms with E-state index in [4.69, 9.17) is 4.74 Å². The molecule has 74 valence electrons. The minimum absolute atomic E-state index is 0.438. The van der Waals surface area contributed by atoms with E-state index in [1.165, 1.54) is 38.6 Å². The van der Waals surface area contributed by atoms with Gasteiger partial charge < -0.3 is 10.1 Å². The van der Waals surface area contributed by atoms with Gasteiger partial charge in [0, 0.05) is 6.61 Å². The third-order valence-electron chi connectivity index (χ3n) is 2.86. The minimum Gasteiger partial charge on any atom is -0.374 e. The molecule has 0 saturated carbocycles. The Morgan fingerprint density at radius 3 is 3.08 bits per heavy atom. The lowest BCUT2D eigenvalue weighted by Gasteiger charge is -2.07. The molecule has 13 heavy (non-hydrogen) atoms. The Morgan fingerprint density at radius 1 is 1.23 bits per heavy atom. The summed E-state index contributed by atoms with van der Waals surface area (Å²) in [5.41, 5.74) is 1.61. The number of hydrogen-bond acceptors (Lipinski definition) is 2. The van der Waals surface area contributed by atoms with E-state index in [-0.39, 0.29) is 0 Å². The highest BCUT2D eigenvalue weighted by molar-refractivity contribution is 5.07. The van der Waals surface area contributed by atoms with Gasteiger partial charge in [0.1, 0.15) is 0 Å². The van der Waals surface area contributed by atoms with E-state index in [2.05, 4.69) is 11.4 Å². The fourth-order valence-electron chi connectivity index (χ4n) is 2.10. The smallest absolute Gasteiger partial charge is 0.0759 e. The Kier molecular flexibility index (Phi) is 3.39. The Hall–Kier alpha value is -0.340. The van der Waals surface area contributed by atoms with Gasteiger partial charge in [-0.2, -0.15) is 0 Å². The zero-order valence-corrected chi connectivity index (χ0v) is 8.22. The quantitative estimate of drug-likeness (QED) is 0.623. The molecule has 0 aliphatic carbocycles. The van der Waals surface area contributed by atoms with E-state index in [1.807, 2.05) is 0 Å². The van der Waals surface area contributed by atoms with Crippen molar-refractivity contribution >= 4 is 0 Å². The minimum atomic E-state index is 0.438. The van der Waals surface area contributed by atoms with Crippen molar-refractivity contribution in [2.24, 2.45) is 0 Å².